The molecule has 0 amide bonds. The Morgan fingerprint density at radius 2 is 2.03 bits per heavy atom. The summed E-state index contributed by atoms with van der Waals surface area (Å²) in [6, 6.07) is 6.62. The quantitative estimate of drug-likeness (QED) is 0.256. The van der Waals surface area contributed by atoms with Crippen LogP contribution < -0.4 is 16.6 Å². The molecule has 1 aliphatic heterocycles. The third-order valence-corrected chi connectivity index (χ3v) is 6.07. The number of amidine groups is 1. The minimum Gasteiger partial charge on any atom is -0.383 e. The van der Waals surface area contributed by atoms with Gasteiger partial charge in [-0.3, -0.25) is 4.68 Å². The smallest absolute Gasteiger partial charge is 0.184 e. The first-order valence-corrected chi connectivity index (χ1v) is 10.8. The summed E-state index contributed by atoms with van der Waals surface area (Å²) < 4.78 is 16.7. The molecule has 0 radical (unpaired) electrons. The van der Waals surface area contributed by atoms with E-state index in [0.29, 0.717) is 11.6 Å². The zero-order valence-corrected chi connectivity index (χ0v) is 19.0. The second-order valence-electron chi connectivity index (χ2n) is 7.88. The van der Waals surface area contributed by atoms with Crippen molar-refractivity contribution >= 4 is 35.7 Å². The molecule has 2 aromatic heterocycles. The highest BCUT2D eigenvalue weighted by molar-refractivity contribution is 6.31. The number of halogens is 2. The number of piperidine rings is 1. The Morgan fingerprint density at radius 1 is 1.27 bits per heavy atom. The van der Waals surface area contributed by atoms with Crippen molar-refractivity contribution in [2.75, 3.05) is 30.9 Å². The average Bonchev–Trinajstić information content (AvgIpc) is 3.31. The van der Waals surface area contributed by atoms with Crippen LogP contribution in [0.25, 0.3) is 11.1 Å². The minimum atomic E-state index is -0.685. The van der Waals surface area contributed by atoms with Crippen LogP contribution in [0, 0.1) is 5.82 Å². The maximum absolute atomic E-state index is 14.7. The number of anilines is 2. The second kappa shape index (κ2) is 9.55. The first kappa shape index (κ1) is 22.7. The van der Waals surface area contributed by atoms with Gasteiger partial charge in [-0.05, 0) is 51.2 Å². The molecule has 0 atom stereocenters. The molecule has 3 aromatic rings. The lowest BCUT2D eigenvalue weighted by Gasteiger charge is -2.28. The summed E-state index contributed by atoms with van der Waals surface area (Å²) in [6.07, 6.45) is 7.51. The van der Waals surface area contributed by atoms with Gasteiger partial charge in [0.15, 0.2) is 11.7 Å². The van der Waals surface area contributed by atoms with Gasteiger partial charge in [-0.15, -0.1) is 0 Å². The molecule has 1 saturated heterocycles. The SMILES string of the molecule is C=NN(/C(=N\N)c1cc(-c2cnn(C3CCN(C)CC3)c2)cnc1N)c1cccc(Cl)c1F. The predicted molar refractivity (Wildman–Crippen MR) is 130 cm³/mol. The fourth-order valence-corrected chi connectivity index (χ4v) is 4.08. The van der Waals surface area contributed by atoms with Crippen molar-refractivity contribution in [3.8, 4) is 11.1 Å². The van der Waals surface area contributed by atoms with Gasteiger partial charge >= 0.3 is 0 Å². The number of nitrogen functional groups attached to an aromatic ring is 1. The van der Waals surface area contributed by atoms with Crippen LogP contribution in [0.15, 0.2) is 53.1 Å². The number of likely N-dealkylation sites (tertiary alicyclic amines) is 1. The van der Waals surface area contributed by atoms with E-state index in [1.54, 1.807) is 24.5 Å². The summed E-state index contributed by atoms with van der Waals surface area (Å²) in [5, 5.41) is 13.3. The monoisotopic (exact) mass is 469 g/mol. The maximum Gasteiger partial charge on any atom is 0.184 e. The largest absolute Gasteiger partial charge is 0.383 e. The summed E-state index contributed by atoms with van der Waals surface area (Å²) in [6.45, 7) is 5.60. The molecule has 9 nitrogen and oxygen atoms in total. The van der Waals surface area contributed by atoms with Gasteiger partial charge in [0.25, 0.3) is 0 Å². The van der Waals surface area contributed by atoms with E-state index in [9.17, 15) is 4.39 Å². The molecule has 1 aliphatic rings. The number of benzene rings is 1. The second-order valence-corrected chi connectivity index (χ2v) is 8.29. The molecule has 0 bridgehead atoms. The lowest BCUT2D eigenvalue weighted by molar-refractivity contribution is 0.212. The molecule has 172 valence electrons. The molecule has 0 spiro atoms. The molecule has 1 fully saturated rings. The van der Waals surface area contributed by atoms with Gasteiger partial charge in [0.2, 0.25) is 0 Å². The standard InChI is InChI=1S/C22H25ClFN9/c1-27-33(19-5-3-4-18(23)20(19)24)22(30-26)17-10-14(11-28-21(17)25)15-12-29-32(13-15)16-6-8-31(2)9-7-16/h3-5,10-13,16H,1,6-9,26H2,2H3,(H2,25,28)/b30-22-. The highest BCUT2D eigenvalue weighted by atomic mass is 35.5. The van der Waals surface area contributed by atoms with E-state index >= 15 is 0 Å². The van der Waals surface area contributed by atoms with E-state index < -0.39 is 5.82 Å². The topological polar surface area (TPSA) is 114 Å². The third-order valence-electron chi connectivity index (χ3n) is 5.78. The van der Waals surface area contributed by atoms with Crippen LogP contribution in [-0.4, -0.2) is 52.4 Å². The van der Waals surface area contributed by atoms with Crippen molar-refractivity contribution in [1.82, 2.24) is 19.7 Å². The number of hydrogen-bond acceptors (Lipinski definition) is 7. The molecule has 1 aromatic carbocycles. The summed E-state index contributed by atoms with van der Waals surface area (Å²) >= 11 is 5.94. The zero-order chi connectivity index (χ0) is 23.5. The van der Waals surface area contributed by atoms with E-state index in [-0.39, 0.29) is 22.4 Å². The lowest BCUT2D eigenvalue weighted by Crippen LogP contribution is -2.31. The Hall–Kier alpha value is -3.50. The number of aromatic nitrogens is 3. The van der Waals surface area contributed by atoms with E-state index in [4.69, 9.17) is 23.2 Å². The number of hydrazone groups is 2. The zero-order valence-electron chi connectivity index (χ0n) is 18.2. The Balaban J connectivity index is 1.68. The number of nitrogens with two attached hydrogens (primary N) is 2. The highest BCUT2D eigenvalue weighted by Crippen LogP contribution is 2.30. The number of pyridine rings is 1. The molecule has 11 heteroatoms. The van der Waals surface area contributed by atoms with E-state index in [2.05, 4.69) is 39.0 Å². The fraction of sp³-hybridized carbons (Fsp3) is 0.273. The molecule has 3 heterocycles. The number of hydrogen-bond donors (Lipinski definition) is 2. The predicted octanol–water partition coefficient (Wildman–Crippen LogP) is 3.33. The molecule has 0 unspecified atom stereocenters. The van der Waals surface area contributed by atoms with Crippen LogP contribution in [0.2, 0.25) is 5.02 Å². The van der Waals surface area contributed by atoms with Gasteiger partial charge in [-0.25, -0.2) is 14.4 Å². The first-order valence-electron chi connectivity index (χ1n) is 10.4. The first-order chi connectivity index (χ1) is 15.9. The van der Waals surface area contributed by atoms with Gasteiger partial charge in [0.05, 0.1) is 22.8 Å². The van der Waals surface area contributed by atoms with Crippen LogP contribution >= 0.6 is 11.6 Å². The van der Waals surface area contributed by atoms with Crippen molar-refractivity contribution in [2.24, 2.45) is 16.0 Å². The van der Waals surface area contributed by atoms with E-state index in [0.717, 1.165) is 42.1 Å². The van der Waals surface area contributed by atoms with Gasteiger partial charge in [0, 0.05) is 30.2 Å². The number of rotatable bonds is 5. The van der Waals surface area contributed by atoms with Crippen molar-refractivity contribution in [2.45, 2.75) is 18.9 Å². The summed E-state index contributed by atoms with van der Waals surface area (Å²) in [5.41, 5.74) is 8.16. The van der Waals surface area contributed by atoms with Crippen molar-refractivity contribution in [3.63, 3.8) is 0 Å². The van der Waals surface area contributed by atoms with Crippen molar-refractivity contribution in [3.05, 3.63) is 59.3 Å². The van der Waals surface area contributed by atoms with Gasteiger partial charge in [-0.2, -0.15) is 15.3 Å². The maximum atomic E-state index is 14.7. The molecule has 33 heavy (non-hydrogen) atoms. The van der Waals surface area contributed by atoms with Gasteiger partial charge < -0.3 is 16.5 Å². The minimum absolute atomic E-state index is 0.0292. The Kier molecular flexibility index (Phi) is 6.57. The Bertz CT molecular complexity index is 1180. The molecular weight excluding hydrogens is 445 g/mol. The summed E-state index contributed by atoms with van der Waals surface area (Å²) in [5.74, 6) is 5.22. The van der Waals surface area contributed by atoms with Crippen LogP contribution in [0.4, 0.5) is 15.9 Å². The Morgan fingerprint density at radius 3 is 2.73 bits per heavy atom. The average molecular weight is 470 g/mol. The van der Waals surface area contributed by atoms with E-state index in [1.807, 2.05) is 10.9 Å². The van der Waals surface area contributed by atoms with Gasteiger partial charge in [-0.1, -0.05) is 17.7 Å². The van der Waals surface area contributed by atoms with E-state index in [1.165, 1.54) is 12.1 Å². The highest BCUT2D eigenvalue weighted by Gasteiger charge is 2.23. The van der Waals surface area contributed by atoms with Gasteiger partial charge in [0.1, 0.15) is 11.5 Å². The van der Waals surface area contributed by atoms with Crippen LogP contribution in [0.1, 0.15) is 24.4 Å². The molecular formula is C22H25ClFN9. The summed E-state index contributed by atoms with van der Waals surface area (Å²) in [7, 11) is 2.12. The molecule has 0 saturated carbocycles. The third kappa shape index (κ3) is 4.53. The van der Waals surface area contributed by atoms with Crippen LogP contribution in [0.5, 0.6) is 0 Å². The molecule has 4 rings (SSSR count). The van der Waals surface area contributed by atoms with Crippen molar-refractivity contribution < 1.29 is 4.39 Å². The Labute approximate surface area is 196 Å². The molecule has 4 N–H and O–H groups in total. The van der Waals surface area contributed by atoms with Crippen LogP contribution in [0.3, 0.4) is 0 Å². The van der Waals surface area contributed by atoms with Crippen LogP contribution in [-0.2, 0) is 0 Å². The fourth-order valence-electron chi connectivity index (χ4n) is 3.91. The van der Waals surface area contributed by atoms with Crippen molar-refractivity contribution in [1.29, 1.82) is 0 Å². The normalized spacial score (nSPS) is 15.5. The summed E-state index contributed by atoms with van der Waals surface area (Å²) in [4.78, 5) is 6.61. The molecule has 0 aliphatic carbocycles. The number of nitrogens with zero attached hydrogens (tertiary/aromatic N) is 7. The lowest BCUT2D eigenvalue weighted by atomic mass is 10.1.